The van der Waals surface area contributed by atoms with Gasteiger partial charge in [0.1, 0.15) is 0 Å². The van der Waals surface area contributed by atoms with Crippen LogP contribution in [0.3, 0.4) is 0 Å². The van der Waals surface area contributed by atoms with Crippen LogP contribution in [0.25, 0.3) is 100 Å². The number of benzene rings is 14. The van der Waals surface area contributed by atoms with Gasteiger partial charge in [-0.3, -0.25) is 0 Å². The minimum Gasteiger partial charge on any atom is -0.309 e. The van der Waals surface area contributed by atoms with Gasteiger partial charge in [0.2, 0.25) is 0 Å². The molecule has 0 N–H and O–H groups in total. The predicted molar refractivity (Wildman–Crippen MR) is 365 cm³/mol. The van der Waals surface area contributed by atoms with E-state index in [2.05, 4.69) is 374 Å². The SMILES string of the molecule is c1ccc(-c2ccc(N(c3ccc(-c4ccc(N(c5ccc(-c6ccccc6)cc5)c5c(-c6ccccc6)cc(-c6ccccc6)cc5-c5ccccc5)cc4)cc3)c3c(-c4ccccc4)cc(-c4ccccc4)cc3-c3ccccc3)cc2)cc1. The standard InChI is InChI=1S/C84H60N2/c1-9-25-61(26-10-1)65-41-49-75(50-42-65)85(83-79(69-33-17-5-18-34-69)57-73(63-29-13-3-14-30-63)58-80(83)70-35-19-6-20-36-70)77-53-45-67(46-54-77)68-47-55-78(56-48-68)86(76-51-43-66(44-52-76)62-27-11-2-12-28-62)84-81(71-37-21-7-22-38-71)59-74(64-31-15-4-16-32-64)60-82(84)72-39-23-8-24-40-72/h1-60H. The molecule has 0 saturated heterocycles. The third kappa shape index (κ3) is 10.9. The Labute approximate surface area is 505 Å². The lowest BCUT2D eigenvalue weighted by molar-refractivity contribution is 1.28. The molecular weight excluding hydrogens is 1040 g/mol. The first-order valence-corrected chi connectivity index (χ1v) is 29.5. The van der Waals surface area contributed by atoms with Crippen LogP contribution >= 0.6 is 0 Å². The summed E-state index contributed by atoms with van der Waals surface area (Å²) in [7, 11) is 0. The van der Waals surface area contributed by atoms with Crippen LogP contribution in [0.1, 0.15) is 0 Å². The molecule has 0 bridgehead atoms. The summed E-state index contributed by atoms with van der Waals surface area (Å²) in [5.41, 5.74) is 27.1. The molecule has 14 rings (SSSR count). The summed E-state index contributed by atoms with van der Waals surface area (Å²) >= 11 is 0. The number of hydrogen-bond acceptors (Lipinski definition) is 2. The number of nitrogens with zero attached hydrogens (tertiary/aromatic N) is 2. The lowest BCUT2D eigenvalue weighted by Gasteiger charge is -2.31. The number of hydrogen-bond donors (Lipinski definition) is 0. The van der Waals surface area contributed by atoms with Crippen LogP contribution in [0.5, 0.6) is 0 Å². The Balaban J connectivity index is 0.920. The van der Waals surface area contributed by atoms with Gasteiger partial charge in [-0.15, -0.1) is 0 Å². The van der Waals surface area contributed by atoms with E-state index in [0.29, 0.717) is 0 Å². The Morgan fingerprint density at radius 2 is 0.279 bits per heavy atom. The molecule has 0 spiro atoms. The zero-order valence-electron chi connectivity index (χ0n) is 47.5. The predicted octanol–water partition coefficient (Wildman–Crippen LogP) is 23.6. The highest BCUT2D eigenvalue weighted by Crippen LogP contribution is 2.51. The second-order valence-electron chi connectivity index (χ2n) is 21.6. The molecule has 2 heteroatoms. The van der Waals surface area contributed by atoms with Gasteiger partial charge < -0.3 is 9.80 Å². The van der Waals surface area contributed by atoms with Crippen molar-refractivity contribution in [1.82, 2.24) is 0 Å². The fraction of sp³-hybridized carbons (Fsp3) is 0. The smallest absolute Gasteiger partial charge is 0.0618 e. The number of rotatable bonds is 15. The first-order chi connectivity index (χ1) is 42.7. The summed E-state index contributed by atoms with van der Waals surface area (Å²) in [6.45, 7) is 0. The van der Waals surface area contributed by atoms with Crippen molar-refractivity contribution in [2.45, 2.75) is 0 Å². The van der Waals surface area contributed by atoms with Crippen molar-refractivity contribution in [2.24, 2.45) is 0 Å². The second-order valence-corrected chi connectivity index (χ2v) is 21.6. The normalized spacial score (nSPS) is 11.0. The van der Waals surface area contributed by atoms with Gasteiger partial charge in [0.25, 0.3) is 0 Å². The van der Waals surface area contributed by atoms with Crippen LogP contribution in [-0.2, 0) is 0 Å². The lowest BCUT2D eigenvalue weighted by Crippen LogP contribution is -2.13. The van der Waals surface area contributed by atoms with E-state index < -0.39 is 0 Å². The molecule has 0 aliphatic rings. The van der Waals surface area contributed by atoms with E-state index in [4.69, 9.17) is 0 Å². The quantitative estimate of drug-likeness (QED) is 0.101. The second kappa shape index (κ2) is 24.3. The lowest BCUT2D eigenvalue weighted by atomic mass is 9.89. The van der Waals surface area contributed by atoms with Gasteiger partial charge in [0.15, 0.2) is 0 Å². The zero-order chi connectivity index (χ0) is 57.4. The maximum absolute atomic E-state index is 2.46. The first-order valence-electron chi connectivity index (χ1n) is 29.5. The van der Waals surface area contributed by atoms with E-state index in [-0.39, 0.29) is 0 Å². The summed E-state index contributed by atoms with van der Waals surface area (Å²) in [5.74, 6) is 0. The van der Waals surface area contributed by atoms with E-state index in [1.165, 1.54) is 33.4 Å². The fourth-order valence-corrected chi connectivity index (χ4v) is 12.0. The molecule has 406 valence electrons. The summed E-state index contributed by atoms with van der Waals surface area (Å²) in [6, 6.07) is 132. The summed E-state index contributed by atoms with van der Waals surface area (Å²) in [6.07, 6.45) is 0. The highest BCUT2D eigenvalue weighted by molar-refractivity contribution is 6.02. The van der Waals surface area contributed by atoms with Crippen molar-refractivity contribution in [3.05, 3.63) is 364 Å². The van der Waals surface area contributed by atoms with Crippen LogP contribution in [-0.4, -0.2) is 0 Å². The molecule has 0 unspecified atom stereocenters. The van der Waals surface area contributed by atoms with Gasteiger partial charge in [0.05, 0.1) is 11.4 Å². The third-order valence-corrected chi connectivity index (χ3v) is 16.3. The minimum absolute atomic E-state index is 1.05. The molecule has 14 aromatic rings. The minimum atomic E-state index is 1.05. The molecule has 86 heavy (non-hydrogen) atoms. The van der Waals surface area contributed by atoms with Gasteiger partial charge in [-0.05, 0) is 151 Å². The molecule has 0 aliphatic carbocycles. The van der Waals surface area contributed by atoms with E-state index in [1.54, 1.807) is 0 Å². The van der Waals surface area contributed by atoms with Crippen LogP contribution in [0.15, 0.2) is 364 Å². The molecular formula is C84H60N2. The topological polar surface area (TPSA) is 6.48 Å². The summed E-state index contributed by atoms with van der Waals surface area (Å²) in [5, 5.41) is 0. The van der Waals surface area contributed by atoms with E-state index in [9.17, 15) is 0 Å². The van der Waals surface area contributed by atoms with Gasteiger partial charge in [0, 0.05) is 45.0 Å². The van der Waals surface area contributed by atoms with Crippen molar-refractivity contribution >= 4 is 34.1 Å². The molecule has 14 aromatic carbocycles. The van der Waals surface area contributed by atoms with E-state index in [1.807, 2.05) is 0 Å². The van der Waals surface area contributed by atoms with Gasteiger partial charge in [-0.2, -0.15) is 0 Å². The van der Waals surface area contributed by atoms with Crippen molar-refractivity contribution in [3.63, 3.8) is 0 Å². The molecule has 0 heterocycles. The maximum Gasteiger partial charge on any atom is 0.0618 e. The fourth-order valence-electron chi connectivity index (χ4n) is 12.0. The van der Waals surface area contributed by atoms with Crippen LogP contribution in [0.2, 0.25) is 0 Å². The molecule has 0 amide bonds. The molecule has 0 aliphatic heterocycles. The monoisotopic (exact) mass is 1100 g/mol. The molecule has 0 atom stereocenters. The Morgan fingerprint density at radius 1 is 0.128 bits per heavy atom. The average Bonchev–Trinajstić information content (AvgIpc) is 1.44. The highest BCUT2D eigenvalue weighted by Gasteiger charge is 2.26. The largest absolute Gasteiger partial charge is 0.309 e. The Bertz CT molecular complexity index is 4100. The van der Waals surface area contributed by atoms with Crippen LogP contribution in [0.4, 0.5) is 34.1 Å². The summed E-state index contributed by atoms with van der Waals surface area (Å²) < 4.78 is 0. The van der Waals surface area contributed by atoms with Gasteiger partial charge in [-0.25, -0.2) is 0 Å². The van der Waals surface area contributed by atoms with E-state index >= 15 is 0 Å². The van der Waals surface area contributed by atoms with Crippen molar-refractivity contribution in [1.29, 1.82) is 0 Å². The Hall–Kier alpha value is -11.3. The molecule has 0 aromatic heterocycles. The third-order valence-electron chi connectivity index (χ3n) is 16.3. The van der Waals surface area contributed by atoms with Gasteiger partial charge in [-0.1, -0.05) is 291 Å². The van der Waals surface area contributed by atoms with Crippen molar-refractivity contribution in [3.8, 4) is 100 Å². The first kappa shape index (κ1) is 52.7. The molecule has 0 radical (unpaired) electrons. The highest BCUT2D eigenvalue weighted by atomic mass is 15.2. The average molecular weight is 1100 g/mol. The zero-order valence-corrected chi connectivity index (χ0v) is 47.5. The van der Waals surface area contributed by atoms with Crippen LogP contribution < -0.4 is 9.80 Å². The molecule has 2 nitrogen and oxygen atoms in total. The van der Waals surface area contributed by atoms with Crippen molar-refractivity contribution in [2.75, 3.05) is 9.80 Å². The Morgan fingerprint density at radius 3 is 0.465 bits per heavy atom. The molecule has 0 fully saturated rings. The Kier molecular flexibility index (Phi) is 14.9. The van der Waals surface area contributed by atoms with Gasteiger partial charge >= 0.3 is 0 Å². The van der Waals surface area contributed by atoms with E-state index in [0.717, 1.165) is 101 Å². The van der Waals surface area contributed by atoms with Crippen LogP contribution in [0, 0.1) is 0 Å². The molecule has 0 saturated carbocycles. The number of anilines is 6. The van der Waals surface area contributed by atoms with Crippen molar-refractivity contribution < 1.29 is 0 Å². The maximum atomic E-state index is 2.46. The summed E-state index contributed by atoms with van der Waals surface area (Å²) in [4.78, 5) is 4.92.